The van der Waals surface area contributed by atoms with Crippen LogP contribution in [0.15, 0.2) is 60.9 Å². The van der Waals surface area contributed by atoms with E-state index in [-0.39, 0.29) is 11.9 Å². The number of nitrogens with zero attached hydrogens (tertiary/aromatic N) is 5. The summed E-state index contributed by atoms with van der Waals surface area (Å²) in [7, 11) is 3.19. The van der Waals surface area contributed by atoms with Crippen molar-refractivity contribution in [1.82, 2.24) is 29.9 Å². The first-order chi connectivity index (χ1) is 15.6. The van der Waals surface area contributed by atoms with Crippen LogP contribution in [0.25, 0.3) is 16.7 Å². The summed E-state index contributed by atoms with van der Waals surface area (Å²) >= 11 is 0. The van der Waals surface area contributed by atoms with Crippen molar-refractivity contribution in [3.8, 4) is 17.2 Å². The lowest BCUT2D eigenvalue weighted by molar-refractivity contribution is 0.0732. The summed E-state index contributed by atoms with van der Waals surface area (Å²) in [5.41, 5.74) is 3.65. The Morgan fingerprint density at radius 2 is 1.81 bits per heavy atom. The number of amides is 1. The normalized spacial score (nSPS) is 16.0. The van der Waals surface area contributed by atoms with Gasteiger partial charge in [0, 0.05) is 12.6 Å². The number of benzene rings is 2. The van der Waals surface area contributed by atoms with Crippen molar-refractivity contribution in [3.05, 3.63) is 72.3 Å². The molecule has 32 heavy (non-hydrogen) atoms. The minimum absolute atomic E-state index is 0.169. The molecule has 0 radical (unpaired) electrons. The number of hydrogen-bond acceptors (Lipinski definition) is 6. The fraction of sp³-hybridized carbons (Fsp3) is 0.217. The topological polar surface area (TPSA) is 98.2 Å². The molecular formula is C23H22N6O3. The Morgan fingerprint density at radius 3 is 2.56 bits per heavy atom. The quantitative estimate of drug-likeness (QED) is 0.488. The highest BCUT2D eigenvalue weighted by Gasteiger charge is 2.36. The van der Waals surface area contributed by atoms with Crippen molar-refractivity contribution in [2.45, 2.75) is 12.5 Å². The van der Waals surface area contributed by atoms with Gasteiger partial charge in [0.05, 0.1) is 54.9 Å². The molecule has 1 aliphatic rings. The van der Waals surface area contributed by atoms with E-state index in [0.717, 1.165) is 22.4 Å². The number of carbonyl (C=O) groups is 1. The van der Waals surface area contributed by atoms with E-state index in [0.29, 0.717) is 35.8 Å². The number of hydrogen-bond donors (Lipinski definition) is 1. The molecule has 0 saturated carbocycles. The number of methoxy groups -OCH3 is 2. The fourth-order valence-corrected chi connectivity index (χ4v) is 4.03. The Labute approximate surface area is 184 Å². The molecule has 162 valence electrons. The minimum atomic E-state index is -0.266. The highest BCUT2D eigenvalue weighted by atomic mass is 16.5. The summed E-state index contributed by atoms with van der Waals surface area (Å²) in [5.74, 6) is 1.86. The number of nitrogens with one attached hydrogen (secondary N) is 1. The Bertz CT molecular complexity index is 1310. The van der Waals surface area contributed by atoms with Gasteiger partial charge in [-0.3, -0.25) is 4.79 Å². The summed E-state index contributed by atoms with van der Waals surface area (Å²) < 4.78 is 10.7. The number of aromatic nitrogens is 5. The lowest BCUT2D eigenvalue weighted by Gasteiger charge is -2.24. The van der Waals surface area contributed by atoms with Gasteiger partial charge in [0.1, 0.15) is 17.3 Å². The summed E-state index contributed by atoms with van der Waals surface area (Å²) in [5, 5.41) is 8.39. The molecule has 1 amide bonds. The van der Waals surface area contributed by atoms with Crippen LogP contribution in [0.5, 0.6) is 11.5 Å². The average molecular weight is 430 g/mol. The second kappa shape index (κ2) is 7.84. The maximum atomic E-state index is 13.8. The van der Waals surface area contributed by atoms with Crippen LogP contribution in [-0.2, 0) is 0 Å². The van der Waals surface area contributed by atoms with Gasteiger partial charge in [-0.05, 0) is 36.8 Å². The third-order valence-corrected chi connectivity index (χ3v) is 5.60. The van der Waals surface area contributed by atoms with E-state index in [9.17, 15) is 4.79 Å². The SMILES string of the molecule is C=C1CC(c2nc3ccc(OC)cc3[nH]2)N(C(=O)c2cc(OC)ccc2-n2nccn2)C1. The molecule has 9 heteroatoms. The van der Waals surface area contributed by atoms with Gasteiger partial charge >= 0.3 is 0 Å². The van der Waals surface area contributed by atoms with E-state index >= 15 is 0 Å². The van der Waals surface area contributed by atoms with Gasteiger partial charge in [0.25, 0.3) is 5.91 Å². The van der Waals surface area contributed by atoms with Crippen molar-refractivity contribution in [3.63, 3.8) is 0 Å². The highest BCUT2D eigenvalue weighted by molar-refractivity contribution is 5.99. The van der Waals surface area contributed by atoms with Crippen LogP contribution in [0.3, 0.4) is 0 Å². The van der Waals surface area contributed by atoms with Crippen molar-refractivity contribution in [2.24, 2.45) is 0 Å². The van der Waals surface area contributed by atoms with Crippen LogP contribution in [0.2, 0.25) is 0 Å². The number of aromatic amines is 1. The predicted molar refractivity (Wildman–Crippen MR) is 118 cm³/mol. The lowest BCUT2D eigenvalue weighted by atomic mass is 10.1. The van der Waals surface area contributed by atoms with Crippen LogP contribution in [-0.4, -0.2) is 56.5 Å². The van der Waals surface area contributed by atoms with E-state index in [1.54, 1.807) is 49.7 Å². The fourth-order valence-electron chi connectivity index (χ4n) is 4.03. The summed E-state index contributed by atoms with van der Waals surface area (Å²) in [4.78, 5) is 25.1. The minimum Gasteiger partial charge on any atom is -0.497 e. The monoisotopic (exact) mass is 430 g/mol. The third-order valence-electron chi connectivity index (χ3n) is 5.60. The molecular weight excluding hydrogens is 408 g/mol. The lowest BCUT2D eigenvalue weighted by Crippen LogP contribution is -2.32. The summed E-state index contributed by atoms with van der Waals surface area (Å²) in [6.07, 6.45) is 3.77. The number of imidazole rings is 1. The third kappa shape index (κ3) is 3.37. The van der Waals surface area contributed by atoms with Crippen molar-refractivity contribution < 1.29 is 14.3 Å². The van der Waals surface area contributed by atoms with E-state index in [4.69, 9.17) is 14.5 Å². The standard InChI is InChI=1S/C23H22N6O3/c1-14-10-21(22-26-18-6-4-16(32-3)12-19(18)27-22)28(13-14)23(30)17-11-15(31-2)5-7-20(17)29-24-8-9-25-29/h4-9,11-12,21H,1,10,13H2,2-3H3,(H,26,27). The molecule has 3 heterocycles. The molecule has 0 aliphatic carbocycles. The molecule has 1 unspecified atom stereocenters. The number of rotatable bonds is 5. The average Bonchev–Trinajstić information content (AvgIpc) is 3.56. The predicted octanol–water partition coefficient (Wildman–Crippen LogP) is 3.30. The number of carbonyl (C=O) groups excluding carboxylic acids is 1. The van der Waals surface area contributed by atoms with E-state index < -0.39 is 0 Å². The van der Waals surface area contributed by atoms with Gasteiger partial charge in [0.15, 0.2) is 0 Å². The zero-order valence-corrected chi connectivity index (χ0v) is 17.8. The molecule has 2 aromatic carbocycles. The highest BCUT2D eigenvalue weighted by Crippen LogP contribution is 2.36. The van der Waals surface area contributed by atoms with Gasteiger partial charge < -0.3 is 19.4 Å². The maximum Gasteiger partial charge on any atom is 0.257 e. The van der Waals surface area contributed by atoms with Crippen LogP contribution in [0.4, 0.5) is 0 Å². The zero-order valence-electron chi connectivity index (χ0n) is 17.8. The van der Waals surface area contributed by atoms with Gasteiger partial charge in [-0.1, -0.05) is 12.2 Å². The Hall–Kier alpha value is -4.14. The Balaban J connectivity index is 1.55. The van der Waals surface area contributed by atoms with Crippen molar-refractivity contribution in [1.29, 1.82) is 0 Å². The molecule has 9 nitrogen and oxygen atoms in total. The molecule has 1 atom stereocenters. The maximum absolute atomic E-state index is 13.8. The molecule has 5 rings (SSSR count). The van der Waals surface area contributed by atoms with Gasteiger partial charge in [-0.15, -0.1) is 0 Å². The molecule has 1 N–H and O–H groups in total. The van der Waals surface area contributed by atoms with Crippen LogP contribution < -0.4 is 9.47 Å². The number of fused-ring (bicyclic) bond motifs is 1. The number of ether oxygens (including phenoxy) is 2. The van der Waals surface area contributed by atoms with E-state index in [1.807, 2.05) is 18.2 Å². The molecule has 2 aromatic heterocycles. The van der Waals surface area contributed by atoms with Crippen molar-refractivity contribution in [2.75, 3.05) is 20.8 Å². The summed E-state index contributed by atoms with van der Waals surface area (Å²) in [6, 6.07) is 10.7. The van der Waals surface area contributed by atoms with Crippen LogP contribution in [0.1, 0.15) is 28.6 Å². The molecule has 1 aliphatic heterocycles. The first kappa shape index (κ1) is 19.8. The Kier molecular flexibility index (Phi) is 4.85. The molecule has 1 saturated heterocycles. The van der Waals surface area contributed by atoms with Crippen LogP contribution >= 0.6 is 0 Å². The first-order valence-corrected chi connectivity index (χ1v) is 10.1. The zero-order chi connectivity index (χ0) is 22.2. The Morgan fingerprint density at radius 1 is 1.09 bits per heavy atom. The second-order valence-corrected chi connectivity index (χ2v) is 7.61. The first-order valence-electron chi connectivity index (χ1n) is 10.1. The van der Waals surface area contributed by atoms with Crippen molar-refractivity contribution >= 4 is 16.9 Å². The largest absolute Gasteiger partial charge is 0.497 e. The number of likely N-dealkylation sites (tertiary alicyclic amines) is 1. The summed E-state index contributed by atoms with van der Waals surface area (Å²) in [6.45, 7) is 4.57. The second-order valence-electron chi connectivity index (χ2n) is 7.61. The molecule has 0 spiro atoms. The molecule has 0 bridgehead atoms. The smallest absolute Gasteiger partial charge is 0.257 e. The van der Waals surface area contributed by atoms with Gasteiger partial charge in [-0.2, -0.15) is 15.0 Å². The molecule has 4 aromatic rings. The van der Waals surface area contributed by atoms with Gasteiger partial charge in [0.2, 0.25) is 0 Å². The van der Waals surface area contributed by atoms with Gasteiger partial charge in [-0.25, -0.2) is 4.98 Å². The van der Waals surface area contributed by atoms with E-state index in [1.165, 1.54) is 4.80 Å². The van der Waals surface area contributed by atoms with E-state index in [2.05, 4.69) is 21.8 Å². The number of H-pyrrole nitrogens is 1. The molecule has 1 fully saturated rings. The van der Waals surface area contributed by atoms with Crippen LogP contribution in [0, 0.1) is 0 Å².